The second-order valence-corrected chi connectivity index (χ2v) is 17.1. The van der Waals surface area contributed by atoms with Crippen LogP contribution >= 0.6 is 0 Å². The third kappa shape index (κ3) is 7.38. The molecule has 0 spiro atoms. The normalized spacial score (nSPS) is 21.4. The first-order valence-electron chi connectivity index (χ1n) is 21.4. The van der Waals surface area contributed by atoms with Gasteiger partial charge in [0.25, 0.3) is 5.91 Å². The molecule has 60 heavy (non-hydrogen) atoms. The van der Waals surface area contributed by atoms with E-state index in [-0.39, 0.29) is 30.0 Å². The van der Waals surface area contributed by atoms with Crippen LogP contribution in [0.3, 0.4) is 0 Å². The summed E-state index contributed by atoms with van der Waals surface area (Å²) >= 11 is 0. The van der Waals surface area contributed by atoms with Crippen molar-refractivity contribution >= 4 is 57.3 Å². The number of imide groups is 1. The molecule has 5 aliphatic rings. The van der Waals surface area contributed by atoms with E-state index in [0.29, 0.717) is 35.7 Å². The Hall–Kier alpha value is -5.78. The molecule has 3 amide bonds. The SMILES string of the molecule is CNc1cc(Nc2cccc(CN3CCC(N4CC(N5CCN(c6ccc7c(c6)n(C)c(=O)n7C6CCC(=O)NC6=O)CC5)C4)CC3)c2)nn2c(C(=O)NC3CC3)cnc12. The van der Waals surface area contributed by atoms with E-state index >= 15 is 0 Å². The molecule has 3 aromatic heterocycles. The van der Waals surface area contributed by atoms with Crippen LogP contribution in [0.25, 0.3) is 16.7 Å². The van der Waals surface area contributed by atoms with Crippen molar-refractivity contribution in [2.75, 3.05) is 74.9 Å². The zero-order valence-corrected chi connectivity index (χ0v) is 34.3. The molecule has 7 heterocycles. The smallest absolute Gasteiger partial charge is 0.329 e. The van der Waals surface area contributed by atoms with E-state index in [1.165, 1.54) is 18.4 Å². The van der Waals surface area contributed by atoms with Gasteiger partial charge in [-0.2, -0.15) is 0 Å². The fraction of sp³-hybridized carbons (Fsp3) is 0.488. The molecule has 1 aliphatic carbocycles. The lowest BCUT2D eigenvalue weighted by Gasteiger charge is -2.52. The van der Waals surface area contributed by atoms with E-state index in [0.717, 1.165) is 99.8 Å². The molecule has 1 atom stereocenters. The number of hydrogen-bond acceptors (Lipinski definition) is 12. The minimum Gasteiger partial charge on any atom is -0.385 e. The van der Waals surface area contributed by atoms with Gasteiger partial charge in [-0.25, -0.2) is 14.3 Å². The zero-order chi connectivity index (χ0) is 41.1. The number of fused-ring (bicyclic) bond motifs is 2. The maximum absolute atomic E-state index is 13.3. The number of benzene rings is 2. The molecular formula is C43H53N13O4. The number of anilines is 4. The van der Waals surface area contributed by atoms with Gasteiger partial charge in [0.05, 0.1) is 22.9 Å². The van der Waals surface area contributed by atoms with Crippen molar-refractivity contribution in [3.8, 4) is 0 Å². The summed E-state index contributed by atoms with van der Waals surface area (Å²) in [5.41, 5.74) is 6.37. The van der Waals surface area contributed by atoms with E-state index in [9.17, 15) is 19.2 Å². The Morgan fingerprint density at radius 3 is 2.42 bits per heavy atom. The van der Waals surface area contributed by atoms with Gasteiger partial charge < -0.3 is 20.9 Å². The average molecular weight is 816 g/mol. The van der Waals surface area contributed by atoms with Crippen molar-refractivity contribution in [1.29, 1.82) is 0 Å². The van der Waals surface area contributed by atoms with Crippen LogP contribution in [0.5, 0.6) is 0 Å². The number of hydrogen-bond donors (Lipinski definition) is 4. The van der Waals surface area contributed by atoms with Crippen molar-refractivity contribution in [3.05, 3.63) is 76.5 Å². The van der Waals surface area contributed by atoms with E-state index in [1.807, 2.05) is 25.2 Å². The number of nitrogens with one attached hydrogen (secondary N) is 4. The molecule has 5 aromatic rings. The minimum absolute atomic E-state index is 0.155. The van der Waals surface area contributed by atoms with Crippen molar-refractivity contribution in [2.45, 2.75) is 69.2 Å². The van der Waals surface area contributed by atoms with Crippen LogP contribution in [-0.4, -0.2) is 134 Å². The molecule has 0 radical (unpaired) electrons. The number of carbonyl (C=O) groups is 3. The summed E-state index contributed by atoms with van der Waals surface area (Å²) < 4.78 is 4.77. The highest BCUT2D eigenvalue weighted by atomic mass is 16.2. The number of piperazine rings is 1. The highest BCUT2D eigenvalue weighted by Gasteiger charge is 2.38. The first-order valence-corrected chi connectivity index (χ1v) is 21.4. The number of piperidine rings is 2. The zero-order valence-electron chi connectivity index (χ0n) is 34.3. The first-order chi connectivity index (χ1) is 29.2. The molecule has 17 heteroatoms. The second-order valence-electron chi connectivity index (χ2n) is 17.1. The Bertz CT molecular complexity index is 2520. The van der Waals surface area contributed by atoms with Gasteiger partial charge in [-0.15, -0.1) is 5.10 Å². The van der Waals surface area contributed by atoms with Crippen LogP contribution in [0.4, 0.5) is 22.9 Å². The number of nitrogens with zero attached hydrogens (tertiary/aromatic N) is 9. The van der Waals surface area contributed by atoms with Crippen molar-refractivity contribution in [3.63, 3.8) is 0 Å². The molecule has 4 N–H and O–H groups in total. The Balaban J connectivity index is 0.694. The summed E-state index contributed by atoms with van der Waals surface area (Å²) in [5.74, 6) is -0.228. The van der Waals surface area contributed by atoms with Gasteiger partial charge in [0, 0.05) is 102 Å². The first kappa shape index (κ1) is 38.4. The van der Waals surface area contributed by atoms with Crippen LogP contribution in [-0.2, 0) is 23.2 Å². The standard InChI is InChI=1S/C43H53N13O4/c1-44-33-22-38(49-56-37(23-45-40(33)56)42(59)47-28-6-7-28)46-29-5-3-4-27(20-29)24-51-14-12-30(13-15-51)54-25-32(26-54)53-18-16-52(17-19-53)31-8-9-34-36(21-31)50(2)43(60)55(34)35-10-11-39(57)48-41(35)58/h3-5,8-9,20-23,28,30,32,35,44H,6-7,10-19,24-26H2,1-2H3,(H,46,49)(H,47,59)(H,48,57,58). The fourth-order valence-corrected chi connectivity index (χ4v) is 9.59. The van der Waals surface area contributed by atoms with Gasteiger partial charge in [-0.1, -0.05) is 12.1 Å². The fourth-order valence-electron chi connectivity index (χ4n) is 9.59. The number of rotatable bonds is 11. The maximum Gasteiger partial charge on any atom is 0.329 e. The minimum atomic E-state index is -0.680. The lowest BCUT2D eigenvalue weighted by molar-refractivity contribution is -0.135. The average Bonchev–Trinajstić information content (AvgIpc) is 3.89. The molecule has 5 fully saturated rings. The Labute approximate surface area is 347 Å². The summed E-state index contributed by atoms with van der Waals surface area (Å²) in [7, 11) is 3.59. The quantitative estimate of drug-likeness (QED) is 0.144. The van der Waals surface area contributed by atoms with Gasteiger partial charge in [-0.3, -0.25) is 43.5 Å². The number of likely N-dealkylation sites (tertiary alicyclic amines) is 2. The van der Waals surface area contributed by atoms with E-state index < -0.39 is 11.9 Å². The molecule has 1 saturated carbocycles. The lowest BCUT2D eigenvalue weighted by Crippen LogP contribution is -2.65. The molecule has 2 aromatic carbocycles. The van der Waals surface area contributed by atoms with Gasteiger partial charge >= 0.3 is 5.69 Å². The van der Waals surface area contributed by atoms with Gasteiger partial charge in [-0.05, 0) is 81.1 Å². The number of imidazole rings is 2. The Morgan fingerprint density at radius 1 is 0.867 bits per heavy atom. The molecular weight excluding hydrogens is 763 g/mol. The lowest BCUT2D eigenvalue weighted by atomic mass is 9.96. The number of amides is 3. The van der Waals surface area contributed by atoms with Crippen molar-refractivity contribution in [1.82, 2.24) is 49.1 Å². The maximum atomic E-state index is 13.3. The number of aryl methyl sites for hydroxylation is 1. The van der Waals surface area contributed by atoms with E-state index in [1.54, 1.807) is 26.9 Å². The second kappa shape index (κ2) is 15.7. The van der Waals surface area contributed by atoms with Gasteiger partial charge in [0.1, 0.15) is 6.04 Å². The molecule has 17 nitrogen and oxygen atoms in total. The Morgan fingerprint density at radius 2 is 1.67 bits per heavy atom. The molecule has 1 unspecified atom stereocenters. The van der Waals surface area contributed by atoms with E-state index in [2.05, 4.69) is 76.2 Å². The Kier molecular flexibility index (Phi) is 10.0. The van der Waals surface area contributed by atoms with Crippen LogP contribution < -0.4 is 31.9 Å². The monoisotopic (exact) mass is 815 g/mol. The largest absolute Gasteiger partial charge is 0.385 e. The third-order valence-electron chi connectivity index (χ3n) is 13.2. The summed E-state index contributed by atoms with van der Waals surface area (Å²) in [4.78, 5) is 65.2. The summed E-state index contributed by atoms with van der Waals surface area (Å²) in [6.07, 6.45) is 6.52. The molecule has 314 valence electrons. The molecule has 4 aliphatic heterocycles. The summed E-state index contributed by atoms with van der Waals surface area (Å²) in [5, 5.41) is 16.8. The predicted octanol–water partition coefficient (Wildman–Crippen LogP) is 2.51. The van der Waals surface area contributed by atoms with Gasteiger partial charge in [0.2, 0.25) is 11.8 Å². The van der Waals surface area contributed by atoms with Crippen LogP contribution in [0.2, 0.25) is 0 Å². The molecule has 4 saturated heterocycles. The predicted molar refractivity (Wildman–Crippen MR) is 229 cm³/mol. The topological polar surface area (TPSA) is 169 Å². The third-order valence-corrected chi connectivity index (χ3v) is 13.2. The molecule has 10 rings (SSSR count). The summed E-state index contributed by atoms with van der Waals surface area (Å²) in [6.45, 7) is 9.15. The highest BCUT2D eigenvalue weighted by Crippen LogP contribution is 2.30. The van der Waals surface area contributed by atoms with Crippen LogP contribution in [0, 0.1) is 0 Å². The van der Waals surface area contributed by atoms with Crippen LogP contribution in [0.1, 0.15) is 60.6 Å². The van der Waals surface area contributed by atoms with Crippen LogP contribution in [0.15, 0.2) is 59.5 Å². The van der Waals surface area contributed by atoms with Gasteiger partial charge in [0.15, 0.2) is 17.2 Å². The number of carbonyl (C=O) groups excluding carboxylic acids is 3. The van der Waals surface area contributed by atoms with Crippen molar-refractivity contribution < 1.29 is 14.4 Å². The summed E-state index contributed by atoms with van der Waals surface area (Å²) in [6, 6.07) is 17.3. The number of aromatic nitrogens is 5. The van der Waals surface area contributed by atoms with E-state index in [4.69, 9.17) is 5.10 Å². The highest BCUT2D eigenvalue weighted by molar-refractivity contribution is 6.00. The van der Waals surface area contributed by atoms with Crippen molar-refractivity contribution in [2.24, 2.45) is 7.05 Å². The molecule has 0 bridgehead atoms.